The summed E-state index contributed by atoms with van der Waals surface area (Å²) in [5.41, 5.74) is 1.60. The molecule has 0 spiro atoms. The standard InChI is InChI=1S/C13H12N2OS/c1-8-6-7-11(17-8)12-14-10-5-3-2-4-9(10)13(16)15-12/h2-7,12,14H,1H3,(H,15,16)/t12-/m0/s1. The molecule has 1 aromatic heterocycles. The van der Waals surface area contributed by atoms with Gasteiger partial charge >= 0.3 is 0 Å². The minimum Gasteiger partial charge on any atom is -0.360 e. The van der Waals surface area contributed by atoms with Crippen LogP contribution < -0.4 is 10.6 Å². The first-order valence-electron chi connectivity index (χ1n) is 5.47. The summed E-state index contributed by atoms with van der Waals surface area (Å²) in [7, 11) is 0. The number of anilines is 1. The second kappa shape index (κ2) is 3.89. The maximum Gasteiger partial charge on any atom is 0.255 e. The molecule has 1 atom stereocenters. The van der Waals surface area contributed by atoms with Crippen LogP contribution in [-0.4, -0.2) is 5.91 Å². The molecule has 0 unspecified atom stereocenters. The van der Waals surface area contributed by atoms with E-state index in [0.29, 0.717) is 5.56 Å². The van der Waals surface area contributed by atoms with Gasteiger partial charge in [-0.2, -0.15) is 0 Å². The molecular formula is C13H12N2OS. The smallest absolute Gasteiger partial charge is 0.255 e. The summed E-state index contributed by atoms with van der Waals surface area (Å²) in [5.74, 6) is -0.0181. The van der Waals surface area contributed by atoms with Gasteiger partial charge in [-0.3, -0.25) is 4.79 Å². The van der Waals surface area contributed by atoms with Gasteiger partial charge in [0.2, 0.25) is 0 Å². The number of hydrogen-bond donors (Lipinski definition) is 2. The monoisotopic (exact) mass is 244 g/mol. The number of para-hydroxylation sites is 1. The Labute approximate surface area is 103 Å². The second-order valence-electron chi connectivity index (χ2n) is 4.04. The van der Waals surface area contributed by atoms with E-state index in [-0.39, 0.29) is 12.1 Å². The van der Waals surface area contributed by atoms with Gasteiger partial charge in [0.1, 0.15) is 6.17 Å². The molecule has 1 aliphatic heterocycles. The van der Waals surface area contributed by atoms with Gasteiger partial charge in [0, 0.05) is 15.4 Å². The van der Waals surface area contributed by atoms with Gasteiger partial charge in [-0.25, -0.2) is 0 Å². The molecule has 3 rings (SSSR count). The molecule has 17 heavy (non-hydrogen) atoms. The van der Waals surface area contributed by atoms with Crippen molar-refractivity contribution in [1.29, 1.82) is 0 Å². The molecule has 1 aliphatic rings. The van der Waals surface area contributed by atoms with Crippen molar-refractivity contribution in [2.75, 3.05) is 5.32 Å². The molecular weight excluding hydrogens is 232 g/mol. The third-order valence-corrected chi connectivity index (χ3v) is 3.86. The van der Waals surface area contributed by atoms with Crippen LogP contribution in [0, 0.1) is 6.92 Å². The molecule has 86 valence electrons. The minimum absolute atomic E-state index is 0.0181. The first-order valence-corrected chi connectivity index (χ1v) is 6.28. The van der Waals surface area contributed by atoms with E-state index in [1.165, 1.54) is 4.88 Å². The van der Waals surface area contributed by atoms with Crippen LogP contribution in [-0.2, 0) is 0 Å². The summed E-state index contributed by atoms with van der Waals surface area (Å²) in [6, 6.07) is 11.7. The lowest BCUT2D eigenvalue weighted by molar-refractivity contribution is 0.0936. The van der Waals surface area contributed by atoms with E-state index in [9.17, 15) is 4.79 Å². The predicted molar refractivity (Wildman–Crippen MR) is 69.3 cm³/mol. The molecule has 0 saturated heterocycles. The van der Waals surface area contributed by atoms with Gasteiger partial charge in [0.05, 0.1) is 5.56 Å². The van der Waals surface area contributed by atoms with Gasteiger partial charge in [-0.05, 0) is 31.2 Å². The average Bonchev–Trinajstić information content (AvgIpc) is 2.76. The summed E-state index contributed by atoms with van der Waals surface area (Å²) in [6.45, 7) is 2.06. The summed E-state index contributed by atoms with van der Waals surface area (Å²) in [4.78, 5) is 14.3. The van der Waals surface area contributed by atoms with Gasteiger partial charge in [-0.1, -0.05) is 12.1 Å². The predicted octanol–water partition coefficient (Wildman–Crippen LogP) is 2.91. The van der Waals surface area contributed by atoms with Crippen molar-refractivity contribution >= 4 is 22.9 Å². The van der Waals surface area contributed by atoms with E-state index in [2.05, 4.69) is 23.6 Å². The highest BCUT2D eigenvalue weighted by molar-refractivity contribution is 7.12. The van der Waals surface area contributed by atoms with E-state index in [1.54, 1.807) is 11.3 Å². The topological polar surface area (TPSA) is 41.1 Å². The van der Waals surface area contributed by atoms with Crippen LogP contribution in [0.2, 0.25) is 0 Å². The quantitative estimate of drug-likeness (QED) is 0.809. The van der Waals surface area contributed by atoms with E-state index < -0.39 is 0 Å². The minimum atomic E-state index is -0.115. The van der Waals surface area contributed by atoms with Crippen LogP contribution in [0.1, 0.15) is 26.3 Å². The number of thiophene rings is 1. The summed E-state index contributed by atoms with van der Waals surface area (Å²) >= 11 is 1.69. The van der Waals surface area contributed by atoms with Crippen molar-refractivity contribution in [3.63, 3.8) is 0 Å². The Kier molecular flexibility index (Phi) is 2.37. The zero-order chi connectivity index (χ0) is 11.8. The van der Waals surface area contributed by atoms with Gasteiger partial charge in [0.25, 0.3) is 5.91 Å². The number of nitrogens with one attached hydrogen (secondary N) is 2. The molecule has 2 N–H and O–H groups in total. The van der Waals surface area contributed by atoms with Crippen LogP contribution in [0.3, 0.4) is 0 Å². The van der Waals surface area contributed by atoms with Crippen LogP contribution in [0.25, 0.3) is 0 Å². The van der Waals surface area contributed by atoms with Gasteiger partial charge in [-0.15, -0.1) is 11.3 Å². The average molecular weight is 244 g/mol. The highest BCUT2D eigenvalue weighted by Gasteiger charge is 2.24. The highest BCUT2D eigenvalue weighted by atomic mass is 32.1. The first kappa shape index (κ1) is 10.4. The molecule has 0 aliphatic carbocycles. The maximum atomic E-state index is 11.9. The Morgan fingerprint density at radius 3 is 2.71 bits per heavy atom. The third kappa shape index (κ3) is 1.80. The Morgan fingerprint density at radius 1 is 1.12 bits per heavy atom. The Balaban J connectivity index is 1.96. The number of hydrogen-bond acceptors (Lipinski definition) is 3. The normalized spacial score (nSPS) is 18.2. The number of aryl methyl sites for hydroxylation is 1. The molecule has 0 bridgehead atoms. The third-order valence-electron chi connectivity index (χ3n) is 2.79. The van der Waals surface area contributed by atoms with E-state index in [0.717, 1.165) is 10.6 Å². The Hall–Kier alpha value is -1.81. The van der Waals surface area contributed by atoms with Crippen molar-refractivity contribution in [3.8, 4) is 0 Å². The van der Waals surface area contributed by atoms with Crippen molar-refractivity contribution in [2.45, 2.75) is 13.1 Å². The van der Waals surface area contributed by atoms with E-state index in [4.69, 9.17) is 0 Å². The fraction of sp³-hybridized carbons (Fsp3) is 0.154. The molecule has 2 aromatic rings. The number of rotatable bonds is 1. The zero-order valence-electron chi connectivity index (χ0n) is 9.36. The fourth-order valence-electron chi connectivity index (χ4n) is 1.96. The second-order valence-corrected chi connectivity index (χ2v) is 5.36. The summed E-state index contributed by atoms with van der Waals surface area (Å²) in [6.07, 6.45) is -0.115. The number of fused-ring (bicyclic) bond motifs is 1. The van der Waals surface area contributed by atoms with Crippen molar-refractivity contribution < 1.29 is 4.79 Å². The molecule has 2 heterocycles. The first-order chi connectivity index (χ1) is 8.24. The summed E-state index contributed by atoms with van der Waals surface area (Å²) < 4.78 is 0. The molecule has 1 aromatic carbocycles. The number of carbonyl (C=O) groups excluding carboxylic acids is 1. The maximum absolute atomic E-state index is 11.9. The molecule has 3 nitrogen and oxygen atoms in total. The lowest BCUT2D eigenvalue weighted by Crippen LogP contribution is -2.37. The molecule has 0 saturated carbocycles. The molecule has 1 amide bonds. The van der Waals surface area contributed by atoms with Crippen molar-refractivity contribution in [3.05, 3.63) is 51.7 Å². The van der Waals surface area contributed by atoms with E-state index >= 15 is 0 Å². The lowest BCUT2D eigenvalue weighted by Gasteiger charge is -2.26. The Bertz CT molecular complexity index is 576. The largest absolute Gasteiger partial charge is 0.360 e. The summed E-state index contributed by atoms with van der Waals surface area (Å²) in [5, 5.41) is 6.30. The highest BCUT2D eigenvalue weighted by Crippen LogP contribution is 2.29. The van der Waals surface area contributed by atoms with E-state index in [1.807, 2.05) is 30.3 Å². The molecule has 0 fully saturated rings. The van der Waals surface area contributed by atoms with Crippen LogP contribution in [0.5, 0.6) is 0 Å². The van der Waals surface area contributed by atoms with Crippen molar-refractivity contribution in [2.24, 2.45) is 0 Å². The van der Waals surface area contributed by atoms with Gasteiger partial charge in [0.15, 0.2) is 0 Å². The number of amides is 1. The SMILES string of the molecule is Cc1ccc([C@@H]2NC(=O)c3ccccc3N2)s1. The number of carbonyl (C=O) groups is 1. The van der Waals surface area contributed by atoms with Gasteiger partial charge < -0.3 is 10.6 Å². The van der Waals surface area contributed by atoms with Crippen LogP contribution >= 0.6 is 11.3 Å². The number of benzene rings is 1. The van der Waals surface area contributed by atoms with Crippen LogP contribution in [0.15, 0.2) is 36.4 Å². The molecule has 4 heteroatoms. The van der Waals surface area contributed by atoms with Crippen molar-refractivity contribution in [1.82, 2.24) is 5.32 Å². The zero-order valence-corrected chi connectivity index (χ0v) is 10.2. The lowest BCUT2D eigenvalue weighted by atomic mass is 10.1. The fourth-order valence-corrected chi connectivity index (χ4v) is 2.84. The van der Waals surface area contributed by atoms with Crippen LogP contribution in [0.4, 0.5) is 5.69 Å². The Morgan fingerprint density at radius 2 is 1.94 bits per heavy atom. The molecule has 0 radical (unpaired) electrons.